The molecule has 0 saturated carbocycles. The van der Waals surface area contributed by atoms with Gasteiger partial charge in [-0.1, -0.05) is 20.3 Å². The molecule has 1 unspecified atom stereocenters. The van der Waals surface area contributed by atoms with Gasteiger partial charge in [-0.25, -0.2) is 0 Å². The van der Waals surface area contributed by atoms with Gasteiger partial charge in [-0.3, -0.25) is 9.59 Å². The summed E-state index contributed by atoms with van der Waals surface area (Å²) in [6, 6.07) is -0.112. The molecule has 0 saturated heterocycles. The summed E-state index contributed by atoms with van der Waals surface area (Å²) in [5.74, 6) is 0. The summed E-state index contributed by atoms with van der Waals surface area (Å²) in [6.07, 6.45) is 0.728. The summed E-state index contributed by atoms with van der Waals surface area (Å²) in [5.41, 5.74) is -0.318. The first kappa shape index (κ1) is 15.2. The molecule has 0 aromatic carbocycles. The van der Waals surface area contributed by atoms with Gasteiger partial charge in [-0.15, -0.1) is 0 Å². The minimum Gasteiger partial charge on any atom is -0.403 e. The molecule has 0 aliphatic rings. The van der Waals surface area contributed by atoms with E-state index in [-0.39, 0.29) is 41.2 Å². The fourth-order valence-electron chi connectivity index (χ4n) is 1.17. The third kappa shape index (κ3) is 3.06. The van der Waals surface area contributed by atoms with E-state index in [9.17, 15) is 9.59 Å². The average Bonchev–Trinajstić information content (AvgIpc) is 2.14. The molecule has 0 aliphatic heterocycles. The van der Waals surface area contributed by atoms with Crippen molar-refractivity contribution in [1.82, 2.24) is 9.55 Å². The molecule has 0 fully saturated rings. The van der Waals surface area contributed by atoms with E-state index in [1.54, 1.807) is 6.92 Å². The molecule has 0 radical (unpaired) electrons. The molecule has 1 atom stereocenters. The largest absolute Gasteiger partial charge is 1.00 e. The van der Waals surface area contributed by atoms with E-state index in [4.69, 9.17) is 0 Å². The summed E-state index contributed by atoms with van der Waals surface area (Å²) in [5, 5.41) is 0. The van der Waals surface area contributed by atoms with Crippen molar-refractivity contribution in [2.75, 3.05) is 0 Å². The van der Waals surface area contributed by atoms with Gasteiger partial charge in [-0.05, 0) is 34.6 Å². The van der Waals surface area contributed by atoms with Crippen molar-refractivity contribution in [3.05, 3.63) is 31.0 Å². The SMILES string of the molecule is CCC(C)n1c(=O)[n-]c(C)c(Br)c1=O.[Na+]. The standard InChI is InChI=1S/C9H13BrN2O2.Na/c1-4-5(2)12-8(13)7(10)6(3)11-9(12)14;/h5H,4H2,1-3H3,(H,11,13,14);/q;+1/p-1. The maximum Gasteiger partial charge on any atom is 1.00 e. The fraction of sp³-hybridized carbons (Fsp3) is 0.556. The molecular weight excluding hydrogens is 271 g/mol. The van der Waals surface area contributed by atoms with Gasteiger partial charge < -0.3 is 9.55 Å². The molecular formula is C9H12BrN2NaO2. The van der Waals surface area contributed by atoms with Crippen molar-refractivity contribution < 1.29 is 29.6 Å². The summed E-state index contributed by atoms with van der Waals surface area (Å²) < 4.78 is 1.55. The van der Waals surface area contributed by atoms with Gasteiger partial charge in [0, 0.05) is 0 Å². The van der Waals surface area contributed by atoms with Gasteiger partial charge in [0.25, 0.3) is 0 Å². The first-order chi connectivity index (χ1) is 6.49. The van der Waals surface area contributed by atoms with E-state index in [1.807, 2.05) is 13.8 Å². The molecule has 78 valence electrons. The van der Waals surface area contributed by atoms with Crippen LogP contribution in [0.2, 0.25) is 0 Å². The fourth-order valence-corrected chi connectivity index (χ4v) is 1.44. The minimum atomic E-state index is -0.468. The van der Waals surface area contributed by atoms with Crippen molar-refractivity contribution in [1.29, 1.82) is 0 Å². The van der Waals surface area contributed by atoms with Gasteiger partial charge >= 0.3 is 29.6 Å². The number of halogens is 1. The number of hydrogen-bond donors (Lipinski definition) is 0. The van der Waals surface area contributed by atoms with Crippen LogP contribution >= 0.6 is 15.9 Å². The van der Waals surface area contributed by atoms with Crippen LogP contribution in [0.25, 0.3) is 0 Å². The number of rotatable bonds is 2. The quantitative estimate of drug-likeness (QED) is 0.603. The number of aryl methyl sites for hydroxylation is 1. The van der Waals surface area contributed by atoms with Crippen molar-refractivity contribution in [3.63, 3.8) is 0 Å². The van der Waals surface area contributed by atoms with Crippen molar-refractivity contribution >= 4 is 15.9 Å². The molecule has 1 heterocycles. The van der Waals surface area contributed by atoms with Crippen molar-refractivity contribution in [3.8, 4) is 0 Å². The van der Waals surface area contributed by atoms with Crippen LogP contribution in [0.1, 0.15) is 32.0 Å². The van der Waals surface area contributed by atoms with Crippen LogP contribution in [0.15, 0.2) is 14.1 Å². The predicted octanol–water partition coefficient (Wildman–Crippen LogP) is -1.79. The summed E-state index contributed by atoms with van der Waals surface area (Å²) in [4.78, 5) is 26.9. The Balaban J connectivity index is 0.00000196. The van der Waals surface area contributed by atoms with Gasteiger partial charge in [0.15, 0.2) is 11.2 Å². The van der Waals surface area contributed by atoms with E-state index in [1.165, 1.54) is 4.57 Å². The smallest absolute Gasteiger partial charge is 0.403 e. The topological polar surface area (TPSA) is 53.2 Å². The van der Waals surface area contributed by atoms with Crippen LogP contribution < -0.4 is 45.8 Å². The molecule has 1 aromatic heterocycles. The second-order valence-corrected chi connectivity index (χ2v) is 4.02. The van der Waals surface area contributed by atoms with E-state index in [2.05, 4.69) is 20.9 Å². The molecule has 0 bridgehead atoms. The third-order valence-corrected chi connectivity index (χ3v) is 3.14. The Bertz CT molecular complexity index is 452. The Kier molecular flexibility index (Phi) is 6.10. The van der Waals surface area contributed by atoms with Gasteiger partial charge in [0.1, 0.15) is 0 Å². The number of aromatic nitrogens is 2. The van der Waals surface area contributed by atoms with E-state index >= 15 is 0 Å². The summed E-state index contributed by atoms with van der Waals surface area (Å²) in [7, 11) is 0. The van der Waals surface area contributed by atoms with Crippen molar-refractivity contribution in [2.45, 2.75) is 33.2 Å². The number of nitrogens with zero attached hydrogens (tertiary/aromatic N) is 2. The maximum atomic E-state index is 11.7. The van der Waals surface area contributed by atoms with Crippen molar-refractivity contribution in [2.24, 2.45) is 0 Å². The van der Waals surface area contributed by atoms with Gasteiger partial charge in [0.05, 0.1) is 4.47 Å². The summed E-state index contributed by atoms with van der Waals surface area (Å²) in [6.45, 7) is 5.38. The van der Waals surface area contributed by atoms with Crippen LogP contribution in [-0.4, -0.2) is 4.57 Å². The van der Waals surface area contributed by atoms with E-state index in [0.717, 1.165) is 6.42 Å². The Morgan fingerprint density at radius 2 is 2.00 bits per heavy atom. The molecule has 4 nitrogen and oxygen atoms in total. The van der Waals surface area contributed by atoms with Crippen LogP contribution in [0.5, 0.6) is 0 Å². The zero-order chi connectivity index (χ0) is 10.9. The van der Waals surface area contributed by atoms with Crippen LogP contribution in [-0.2, 0) is 0 Å². The Morgan fingerprint density at radius 1 is 1.47 bits per heavy atom. The van der Waals surface area contributed by atoms with Crippen LogP contribution in [0.4, 0.5) is 0 Å². The van der Waals surface area contributed by atoms with Gasteiger partial charge in [-0.2, -0.15) is 0 Å². The van der Waals surface area contributed by atoms with Gasteiger partial charge in [0.2, 0.25) is 0 Å². The third-order valence-electron chi connectivity index (χ3n) is 2.23. The zero-order valence-corrected chi connectivity index (χ0v) is 13.0. The molecule has 6 heteroatoms. The first-order valence-corrected chi connectivity index (χ1v) is 5.24. The molecule has 15 heavy (non-hydrogen) atoms. The zero-order valence-electron chi connectivity index (χ0n) is 9.37. The minimum absolute atomic E-state index is 0. The Hall–Kier alpha value is 0.160. The number of hydrogen-bond acceptors (Lipinski definition) is 2. The monoisotopic (exact) mass is 282 g/mol. The molecule has 1 aromatic rings. The molecule has 0 amide bonds. The molecule has 0 N–H and O–H groups in total. The Morgan fingerprint density at radius 3 is 2.47 bits per heavy atom. The maximum absolute atomic E-state index is 11.7. The normalized spacial score (nSPS) is 12.0. The first-order valence-electron chi connectivity index (χ1n) is 4.44. The average molecular weight is 283 g/mol. The van der Waals surface area contributed by atoms with E-state index < -0.39 is 5.69 Å². The molecule has 1 rings (SSSR count). The predicted molar refractivity (Wildman–Crippen MR) is 57.7 cm³/mol. The van der Waals surface area contributed by atoms with Crippen LogP contribution in [0.3, 0.4) is 0 Å². The van der Waals surface area contributed by atoms with Crippen LogP contribution in [0, 0.1) is 6.92 Å². The summed E-state index contributed by atoms with van der Waals surface area (Å²) >= 11 is 3.13. The van der Waals surface area contributed by atoms with E-state index in [0.29, 0.717) is 10.2 Å². The molecule has 0 aliphatic carbocycles. The second-order valence-electron chi connectivity index (χ2n) is 3.23. The molecule has 0 spiro atoms. The second kappa shape index (κ2) is 6.03. The Labute approximate surface area is 119 Å².